The summed E-state index contributed by atoms with van der Waals surface area (Å²) in [6, 6.07) is 64.0. The molecule has 69 heavy (non-hydrogen) atoms. The summed E-state index contributed by atoms with van der Waals surface area (Å²) in [4.78, 5) is 0. The van der Waals surface area contributed by atoms with Crippen molar-refractivity contribution in [2.24, 2.45) is 5.92 Å². The molecule has 334 valence electrons. The number of rotatable bonds is 3. The smallest absolute Gasteiger partial charge is 0.0728 e. The van der Waals surface area contributed by atoms with Gasteiger partial charge < -0.3 is 0 Å². The Morgan fingerprint density at radius 1 is 0.391 bits per heavy atom. The van der Waals surface area contributed by atoms with Crippen molar-refractivity contribution in [1.82, 2.24) is 0 Å². The van der Waals surface area contributed by atoms with Crippen LogP contribution in [0, 0.1) is 5.92 Å². The second kappa shape index (κ2) is 13.7. The van der Waals surface area contributed by atoms with E-state index >= 15 is 0 Å². The first kappa shape index (κ1) is 41.2. The second-order valence-electron chi connectivity index (χ2n) is 23.3. The largest absolute Gasteiger partial charge is 0.113 e. The zero-order valence-electron chi connectivity index (χ0n) is 41.4. The van der Waals surface area contributed by atoms with Crippen LogP contribution in [0.15, 0.2) is 182 Å². The Bertz CT molecular complexity index is 3860. The van der Waals surface area contributed by atoms with Crippen LogP contribution in [0.5, 0.6) is 0 Å². The second-order valence-corrected chi connectivity index (χ2v) is 27.6. The Hall–Kier alpha value is -6.80. The van der Waals surface area contributed by atoms with Crippen LogP contribution in [0.4, 0.5) is 0 Å². The normalized spacial score (nSPS) is 19.7. The summed E-state index contributed by atoms with van der Waals surface area (Å²) in [7, 11) is -2.21. The summed E-state index contributed by atoms with van der Waals surface area (Å²) in [5.74, 6) is 0.746. The van der Waals surface area contributed by atoms with Crippen LogP contribution in [0.1, 0.15) is 93.3 Å². The molecule has 9 aromatic rings. The highest BCUT2D eigenvalue weighted by Crippen LogP contribution is 2.58. The fourth-order valence-corrected chi connectivity index (χ4v) is 17.7. The molecule has 1 heterocycles. The highest BCUT2D eigenvalue weighted by molar-refractivity contribution is 7.04. The lowest BCUT2D eigenvalue weighted by Gasteiger charge is -2.31. The maximum absolute atomic E-state index is 2.68. The van der Waals surface area contributed by atoms with E-state index in [0.717, 1.165) is 0 Å². The molecule has 0 N–H and O–H groups in total. The van der Waals surface area contributed by atoms with Gasteiger partial charge >= 0.3 is 0 Å². The predicted molar refractivity (Wildman–Crippen MR) is 297 cm³/mol. The van der Waals surface area contributed by atoms with E-state index in [1.54, 1.807) is 15.9 Å². The SMILES string of the molecule is CC1C=C(c2c3ccccc3c(-c3ccc4c(c3)C(C)(C)c3ccccc3-4)c3cc4c(cc23)-c2ccc(-c3ccc5c(c3)C(C)(C)c3ccccc3-5)cc2[Si]4(C)C)C=C2C1c1ccccc1C2(C)C. The molecule has 0 nitrogen and oxygen atoms in total. The summed E-state index contributed by atoms with van der Waals surface area (Å²) < 4.78 is 0. The van der Waals surface area contributed by atoms with Crippen LogP contribution in [-0.2, 0) is 16.2 Å². The van der Waals surface area contributed by atoms with Gasteiger partial charge in [0.1, 0.15) is 8.07 Å². The van der Waals surface area contributed by atoms with Gasteiger partial charge in [0.25, 0.3) is 0 Å². The molecule has 4 aliphatic carbocycles. The molecule has 0 bridgehead atoms. The lowest BCUT2D eigenvalue weighted by Crippen LogP contribution is -2.49. The first-order chi connectivity index (χ1) is 33.2. The summed E-state index contributed by atoms with van der Waals surface area (Å²) in [6.45, 7) is 22.2. The quantitative estimate of drug-likeness (QED) is 0.122. The van der Waals surface area contributed by atoms with Gasteiger partial charge in [0, 0.05) is 22.2 Å². The van der Waals surface area contributed by atoms with Crippen LogP contribution in [0.2, 0.25) is 13.1 Å². The molecule has 0 saturated carbocycles. The van der Waals surface area contributed by atoms with Crippen molar-refractivity contribution in [2.75, 3.05) is 0 Å². The fraction of sp³-hybridized carbons (Fsp3) is 0.206. The standard InChI is InChI=1S/C68H58Si/c1-39-32-43(35-60-63(39)51-22-14-17-25-57(51)68(60,6)7)65-50-21-11-10-20-49(50)64(42-28-30-47-45-19-13-16-24-56(45)67(4,5)59(47)34-42)54-38-62-52(37-53(54)65)48-31-27-41(36-61(48)69(62,8)9)40-26-29-46-44-18-12-15-23-55(44)66(2,3)58(46)33-40/h10-39,63H,1-9H3. The number of benzene rings is 9. The van der Waals surface area contributed by atoms with E-state index in [9.17, 15) is 0 Å². The van der Waals surface area contributed by atoms with Crippen LogP contribution in [0.3, 0.4) is 0 Å². The number of hydrogen-bond donors (Lipinski definition) is 0. The average Bonchev–Trinajstić information content (AvgIpc) is 3.92. The third-order valence-corrected chi connectivity index (χ3v) is 21.7. The van der Waals surface area contributed by atoms with E-state index < -0.39 is 8.07 Å². The van der Waals surface area contributed by atoms with Crippen LogP contribution in [-0.4, -0.2) is 8.07 Å². The minimum atomic E-state index is -2.21. The van der Waals surface area contributed by atoms with E-state index in [1.165, 1.54) is 122 Å². The summed E-state index contributed by atoms with van der Waals surface area (Å²) in [5, 5.41) is 8.47. The molecule has 0 aromatic heterocycles. The van der Waals surface area contributed by atoms with Gasteiger partial charge in [0.05, 0.1) is 0 Å². The minimum absolute atomic E-state index is 0.0412. The molecule has 2 atom stereocenters. The molecule has 2 unspecified atom stereocenters. The Morgan fingerprint density at radius 3 is 1.55 bits per heavy atom. The van der Waals surface area contributed by atoms with Crippen molar-refractivity contribution in [3.63, 3.8) is 0 Å². The van der Waals surface area contributed by atoms with E-state index in [0.29, 0.717) is 11.8 Å². The van der Waals surface area contributed by atoms with Gasteiger partial charge in [-0.15, -0.1) is 0 Å². The van der Waals surface area contributed by atoms with Gasteiger partial charge in [-0.3, -0.25) is 0 Å². The predicted octanol–water partition coefficient (Wildman–Crippen LogP) is 16.8. The monoisotopic (exact) mass is 902 g/mol. The first-order valence-electron chi connectivity index (χ1n) is 25.4. The summed E-state index contributed by atoms with van der Waals surface area (Å²) in [5.41, 5.74) is 26.3. The Kier molecular flexibility index (Phi) is 8.18. The van der Waals surface area contributed by atoms with Gasteiger partial charge in [-0.2, -0.15) is 0 Å². The van der Waals surface area contributed by atoms with Gasteiger partial charge in [-0.1, -0.05) is 225 Å². The van der Waals surface area contributed by atoms with Crippen LogP contribution >= 0.6 is 0 Å². The fourth-order valence-electron chi connectivity index (χ4n) is 14.6. The van der Waals surface area contributed by atoms with Crippen molar-refractivity contribution in [3.8, 4) is 55.6 Å². The molecule has 1 heteroatoms. The zero-order valence-corrected chi connectivity index (χ0v) is 42.4. The first-order valence-corrected chi connectivity index (χ1v) is 28.4. The molecule has 9 aromatic carbocycles. The van der Waals surface area contributed by atoms with Crippen molar-refractivity contribution in [1.29, 1.82) is 0 Å². The molecule has 14 rings (SSSR count). The Labute approximate surface area is 409 Å². The Morgan fingerprint density at radius 2 is 0.884 bits per heavy atom. The van der Waals surface area contributed by atoms with Gasteiger partial charge in [0.15, 0.2) is 0 Å². The minimum Gasteiger partial charge on any atom is -0.0728 e. The van der Waals surface area contributed by atoms with Crippen LogP contribution in [0.25, 0.3) is 82.8 Å². The molecular formula is C68H58Si. The van der Waals surface area contributed by atoms with E-state index in [4.69, 9.17) is 0 Å². The maximum atomic E-state index is 2.68. The molecule has 0 spiro atoms. The van der Waals surface area contributed by atoms with Crippen molar-refractivity contribution in [3.05, 3.63) is 220 Å². The number of hydrogen-bond acceptors (Lipinski definition) is 0. The molecule has 0 fully saturated rings. The molecular weight excluding hydrogens is 845 g/mol. The van der Waals surface area contributed by atoms with Gasteiger partial charge in [-0.05, 0) is 156 Å². The van der Waals surface area contributed by atoms with E-state index in [1.807, 2.05) is 0 Å². The zero-order chi connectivity index (χ0) is 47.1. The highest BCUT2D eigenvalue weighted by Gasteiger charge is 2.46. The van der Waals surface area contributed by atoms with Crippen molar-refractivity contribution in [2.45, 2.75) is 83.7 Å². The van der Waals surface area contributed by atoms with Gasteiger partial charge in [0.2, 0.25) is 0 Å². The third-order valence-electron chi connectivity index (χ3n) is 18.2. The molecule has 0 radical (unpaired) electrons. The molecule has 0 saturated heterocycles. The van der Waals surface area contributed by atoms with Crippen molar-refractivity contribution < 1.29 is 0 Å². The maximum Gasteiger partial charge on any atom is 0.113 e. The lowest BCUT2D eigenvalue weighted by molar-refractivity contribution is 0.553. The van der Waals surface area contributed by atoms with E-state index in [2.05, 4.69) is 238 Å². The van der Waals surface area contributed by atoms with Gasteiger partial charge in [-0.25, -0.2) is 0 Å². The third kappa shape index (κ3) is 5.35. The molecule has 0 amide bonds. The number of allylic oxidation sites excluding steroid dienone is 4. The summed E-state index contributed by atoms with van der Waals surface area (Å²) >= 11 is 0. The Balaban J connectivity index is 1.01. The molecule has 5 aliphatic rings. The number of fused-ring (bicyclic) bond motifs is 14. The summed E-state index contributed by atoms with van der Waals surface area (Å²) in [6.07, 6.45) is 5.23. The van der Waals surface area contributed by atoms with Crippen LogP contribution < -0.4 is 10.4 Å². The molecule has 1 aliphatic heterocycles. The topological polar surface area (TPSA) is 0 Å². The lowest BCUT2D eigenvalue weighted by atomic mass is 9.72. The average molecular weight is 903 g/mol. The highest BCUT2D eigenvalue weighted by atomic mass is 28.3. The van der Waals surface area contributed by atoms with Crippen molar-refractivity contribution >= 4 is 45.6 Å². The van der Waals surface area contributed by atoms with E-state index in [-0.39, 0.29) is 16.2 Å².